The lowest BCUT2D eigenvalue weighted by molar-refractivity contribution is -0.384. The van der Waals surface area contributed by atoms with Crippen LogP contribution in [0.3, 0.4) is 0 Å². The third-order valence-electron chi connectivity index (χ3n) is 4.20. The van der Waals surface area contributed by atoms with E-state index in [-0.39, 0.29) is 24.2 Å². The van der Waals surface area contributed by atoms with Crippen LogP contribution < -0.4 is 14.8 Å². The van der Waals surface area contributed by atoms with Crippen LogP contribution in [0, 0.1) is 17.0 Å². The van der Waals surface area contributed by atoms with Crippen LogP contribution in [-0.2, 0) is 4.79 Å². The van der Waals surface area contributed by atoms with Crippen molar-refractivity contribution in [2.45, 2.75) is 13.0 Å². The van der Waals surface area contributed by atoms with Gasteiger partial charge in [-0.1, -0.05) is 18.2 Å². The molecule has 142 valence electrons. The molecular weight excluding hydrogens is 350 g/mol. The average molecular weight is 371 g/mol. The van der Waals surface area contributed by atoms with Gasteiger partial charge in [0.2, 0.25) is 5.91 Å². The van der Waals surface area contributed by atoms with Crippen molar-refractivity contribution in [1.82, 2.24) is 4.90 Å². The van der Waals surface area contributed by atoms with Crippen molar-refractivity contribution in [2.24, 2.45) is 0 Å². The molecule has 1 aliphatic heterocycles. The van der Waals surface area contributed by atoms with Gasteiger partial charge in [-0.25, -0.2) is 0 Å². The Morgan fingerprint density at radius 1 is 1.30 bits per heavy atom. The van der Waals surface area contributed by atoms with Crippen molar-refractivity contribution in [3.05, 3.63) is 58.1 Å². The number of hydrogen-bond donors (Lipinski definition) is 1. The summed E-state index contributed by atoms with van der Waals surface area (Å²) in [6.07, 6.45) is -0.183. The fourth-order valence-corrected chi connectivity index (χ4v) is 2.86. The molecule has 0 spiro atoms. The van der Waals surface area contributed by atoms with Crippen LogP contribution in [0.4, 0.5) is 11.4 Å². The number of anilines is 1. The molecular formula is C19H21N3O5. The number of rotatable bonds is 6. The molecule has 8 heteroatoms. The first-order valence-electron chi connectivity index (χ1n) is 8.54. The van der Waals surface area contributed by atoms with Crippen LogP contribution in [0.25, 0.3) is 0 Å². The SMILES string of the molecule is Cc1ccc([N+](=O)[O-])cc1NC(=O)CN(C)C[C@H]1COc2ccccc2O1. The Morgan fingerprint density at radius 3 is 2.78 bits per heavy atom. The third-order valence-corrected chi connectivity index (χ3v) is 4.20. The van der Waals surface area contributed by atoms with E-state index in [2.05, 4.69) is 5.32 Å². The molecule has 27 heavy (non-hydrogen) atoms. The van der Waals surface area contributed by atoms with E-state index in [4.69, 9.17) is 9.47 Å². The summed E-state index contributed by atoms with van der Waals surface area (Å²) in [6, 6.07) is 11.8. The summed E-state index contributed by atoms with van der Waals surface area (Å²) in [5, 5.41) is 13.6. The molecule has 1 atom stereocenters. The summed E-state index contributed by atoms with van der Waals surface area (Å²) >= 11 is 0. The Balaban J connectivity index is 1.54. The molecule has 0 saturated carbocycles. The maximum atomic E-state index is 12.3. The number of nitrogens with one attached hydrogen (secondary N) is 1. The number of likely N-dealkylation sites (N-methyl/N-ethyl adjacent to an activating group) is 1. The maximum absolute atomic E-state index is 12.3. The van der Waals surface area contributed by atoms with E-state index < -0.39 is 4.92 Å². The van der Waals surface area contributed by atoms with Crippen molar-refractivity contribution >= 4 is 17.3 Å². The summed E-state index contributed by atoms with van der Waals surface area (Å²) in [4.78, 5) is 24.5. The second-order valence-corrected chi connectivity index (χ2v) is 6.50. The topological polar surface area (TPSA) is 93.9 Å². The zero-order chi connectivity index (χ0) is 19.4. The molecule has 0 fully saturated rings. The second-order valence-electron chi connectivity index (χ2n) is 6.50. The molecule has 1 N–H and O–H groups in total. The average Bonchev–Trinajstić information content (AvgIpc) is 2.63. The predicted octanol–water partition coefficient (Wildman–Crippen LogP) is 2.61. The summed E-state index contributed by atoms with van der Waals surface area (Å²) < 4.78 is 11.6. The number of fused-ring (bicyclic) bond motifs is 1. The van der Waals surface area contributed by atoms with E-state index in [9.17, 15) is 14.9 Å². The largest absolute Gasteiger partial charge is 0.486 e. The Labute approximate surface area is 156 Å². The zero-order valence-electron chi connectivity index (χ0n) is 15.2. The van der Waals surface area contributed by atoms with Crippen LogP contribution in [0.2, 0.25) is 0 Å². The second kappa shape index (κ2) is 8.05. The van der Waals surface area contributed by atoms with E-state index in [0.717, 1.165) is 11.3 Å². The summed E-state index contributed by atoms with van der Waals surface area (Å²) in [7, 11) is 1.81. The number of nitrogens with zero attached hydrogens (tertiary/aromatic N) is 2. The maximum Gasteiger partial charge on any atom is 0.271 e. The van der Waals surface area contributed by atoms with Crippen LogP contribution in [0.1, 0.15) is 5.56 Å². The normalized spacial score (nSPS) is 15.4. The number of para-hydroxylation sites is 2. The summed E-state index contributed by atoms with van der Waals surface area (Å²) in [6.45, 7) is 2.83. The zero-order valence-corrected chi connectivity index (χ0v) is 15.2. The molecule has 0 bridgehead atoms. The number of hydrogen-bond acceptors (Lipinski definition) is 6. The van der Waals surface area contributed by atoms with Gasteiger partial charge in [-0.15, -0.1) is 0 Å². The molecule has 0 unspecified atom stereocenters. The van der Waals surface area contributed by atoms with Gasteiger partial charge in [0.05, 0.1) is 17.2 Å². The first kappa shape index (κ1) is 18.7. The quantitative estimate of drug-likeness (QED) is 0.620. The molecule has 1 amide bonds. The first-order valence-corrected chi connectivity index (χ1v) is 8.54. The van der Waals surface area contributed by atoms with E-state index in [1.54, 1.807) is 13.0 Å². The molecule has 1 aliphatic rings. The Bertz CT molecular complexity index is 855. The Morgan fingerprint density at radius 2 is 2.04 bits per heavy atom. The number of amides is 1. The van der Waals surface area contributed by atoms with Gasteiger partial charge in [0.15, 0.2) is 11.5 Å². The summed E-state index contributed by atoms with van der Waals surface area (Å²) in [5.74, 6) is 1.16. The van der Waals surface area contributed by atoms with Gasteiger partial charge < -0.3 is 14.8 Å². The van der Waals surface area contributed by atoms with E-state index in [0.29, 0.717) is 24.6 Å². The van der Waals surface area contributed by atoms with E-state index in [1.165, 1.54) is 12.1 Å². The highest BCUT2D eigenvalue weighted by molar-refractivity contribution is 5.93. The molecule has 3 rings (SSSR count). The van der Waals surface area contributed by atoms with Crippen molar-refractivity contribution in [3.63, 3.8) is 0 Å². The van der Waals surface area contributed by atoms with Crippen molar-refractivity contribution < 1.29 is 19.2 Å². The highest BCUT2D eigenvalue weighted by atomic mass is 16.6. The number of benzene rings is 2. The fraction of sp³-hybridized carbons (Fsp3) is 0.316. The van der Waals surface area contributed by atoms with Crippen LogP contribution in [0.5, 0.6) is 11.5 Å². The number of ether oxygens (including phenoxy) is 2. The number of nitro benzene ring substituents is 1. The van der Waals surface area contributed by atoms with Gasteiger partial charge in [0.1, 0.15) is 12.7 Å². The van der Waals surface area contributed by atoms with Gasteiger partial charge in [-0.2, -0.15) is 0 Å². The lowest BCUT2D eigenvalue weighted by Crippen LogP contribution is -2.42. The number of carbonyl (C=O) groups excluding carboxylic acids is 1. The van der Waals surface area contributed by atoms with Crippen LogP contribution in [0.15, 0.2) is 42.5 Å². The molecule has 2 aromatic carbocycles. The molecule has 0 radical (unpaired) electrons. The van der Waals surface area contributed by atoms with Crippen LogP contribution in [-0.4, -0.2) is 48.6 Å². The monoisotopic (exact) mass is 371 g/mol. The van der Waals surface area contributed by atoms with Gasteiger partial charge in [0.25, 0.3) is 5.69 Å². The summed E-state index contributed by atoms with van der Waals surface area (Å²) in [5.41, 5.74) is 1.14. The van der Waals surface area contributed by atoms with Gasteiger partial charge >= 0.3 is 0 Å². The Kier molecular flexibility index (Phi) is 5.56. The van der Waals surface area contributed by atoms with E-state index in [1.807, 2.05) is 36.2 Å². The van der Waals surface area contributed by atoms with Crippen molar-refractivity contribution in [1.29, 1.82) is 0 Å². The fourth-order valence-electron chi connectivity index (χ4n) is 2.86. The smallest absolute Gasteiger partial charge is 0.271 e. The van der Waals surface area contributed by atoms with Gasteiger partial charge in [-0.05, 0) is 31.7 Å². The molecule has 2 aromatic rings. The standard InChI is InChI=1S/C19H21N3O5/c1-13-7-8-14(22(24)25)9-16(13)20-19(23)11-21(2)10-15-12-26-17-5-3-4-6-18(17)27-15/h3-9,15H,10-12H2,1-2H3,(H,20,23)/t15-/m0/s1. The van der Waals surface area contributed by atoms with Gasteiger partial charge in [0, 0.05) is 18.7 Å². The minimum atomic E-state index is -0.487. The molecule has 1 heterocycles. The van der Waals surface area contributed by atoms with Gasteiger partial charge in [-0.3, -0.25) is 19.8 Å². The van der Waals surface area contributed by atoms with Crippen LogP contribution >= 0.6 is 0 Å². The molecule has 8 nitrogen and oxygen atoms in total. The first-order chi connectivity index (χ1) is 12.9. The highest BCUT2D eigenvalue weighted by Gasteiger charge is 2.22. The Hall–Kier alpha value is -3.13. The highest BCUT2D eigenvalue weighted by Crippen LogP contribution is 2.31. The number of non-ortho nitro benzene ring substituents is 1. The lowest BCUT2D eigenvalue weighted by atomic mass is 10.2. The van der Waals surface area contributed by atoms with Crippen molar-refractivity contribution in [2.75, 3.05) is 32.1 Å². The number of nitro groups is 1. The predicted molar refractivity (Wildman–Crippen MR) is 100 cm³/mol. The molecule has 0 saturated heterocycles. The number of aryl methyl sites for hydroxylation is 1. The minimum absolute atomic E-state index is 0.0596. The molecule has 0 aromatic heterocycles. The number of carbonyl (C=O) groups is 1. The van der Waals surface area contributed by atoms with E-state index >= 15 is 0 Å². The lowest BCUT2D eigenvalue weighted by Gasteiger charge is -2.29. The molecule has 0 aliphatic carbocycles. The third kappa shape index (κ3) is 4.73. The minimum Gasteiger partial charge on any atom is -0.486 e. The van der Waals surface area contributed by atoms with Crippen molar-refractivity contribution in [3.8, 4) is 11.5 Å².